The molecule has 2 aromatic heterocycles. The van der Waals surface area contributed by atoms with Gasteiger partial charge in [0.15, 0.2) is 11.2 Å². The molecule has 20 heavy (non-hydrogen) atoms. The predicted molar refractivity (Wildman–Crippen MR) is 74.3 cm³/mol. The van der Waals surface area contributed by atoms with E-state index >= 15 is 0 Å². The second kappa shape index (κ2) is 5.09. The summed E-state index contributed by atoms with van der Waals surface area (Å²) >= 11 is 0. The van der Waals surface area contributed by atoms with Crippen LogP contribution in [-0.4, -0.2) is 38.3 Å². The average molecular weight is 275 g/mol. The lowest BCUT2D eigenvalue weighted by atomic mass is 10.0. The summed E-state index contributed by atoms with van der Waals surface area (Å²) in [7, 11) is 1.53. The molecule has 7 nitrogen and oxygen atoms in total. The molecule has 0 aliphatic heterocycles. The van der Waals surface area contributed by atoms with Gasteiger partial charge < -0.3 is 20.1 Å². The van der Waals surface area contributed by atoms with Crippen LogP contribution in [0.4, 0.5) is 5.95 Å². The Kier molecular flexibility index (Phi) is 3.27. The van der Waals surface area contributed by atoms with E-state index in [-0.39, 0.29) is 18.6 Å². The number of fused-ring (bicyclic) bond motifs is 1. The molecule has 0 saturated heterocycles. The van der Waals surface area contributed by atoms with Gasteiger partial charge in [-0.15, -0.1) is 0 Å². The third-order valence-corrected chi connectivity index (χ3v) is 3.61. The fourth-order valence-electron chi connectivity index (χ4n) is 2.63. The average Bonchev–Trinajstić information content (AvgIpc) is 3.04. The lowest BCUT2D eigenvalue weighted by Crippen LogP contribution is -2.08. The number of methoxy groups -OCH3 is 1. The largest absolute Gasteiger partial charge is 0.479 e. The van der Waals surface area contributed by atoms with Crippen molar-refractivity contribution in [2.45, 2.75) is 18.9 Å². The summed E-state index contributed by atoms with van der Waals surface area (Å²) in [5, 5.41) is 9.01. The molecule has 7 heteroatoms. The molecule has 0 amide bonds. The van der Waals surface area contributed by atoms with Gasteiger partial charge in [-0.25, -0.2) is 4.98 Å². The topological polar surface area (TPSA) is 99.1 Å². The Hall–Kier alpha value is -2.15. The molecule has 0 saturated carbocycles. The highest BCUT2D eigenvalue weighted by Gasteiger charge is 2.23. The molecule has 3 N–H and O–H groups in total. The van der Waals surface area contributed by atoms with Crippen molar-refractivity contribution in [3.05, 3.63) is 18.5 Å². The number of anilines is 1. The minimum atomic E-state index is 0.171. The molecule has 2 atom stereocenters. The van der Waals surface area contributed by atoms with Crippen molar-refractivity contribution in [3.8, 4) is 5.88 Å². The Morgan fingerprint density at radius 1 is 1.45 bits per heavy atom. The molecular formula is C13H17N5O2. The Labute approximate surface area is 116 Å². The van der Waals surface area contributed by atoms with E-state index in [1.165, 1.54) is 7.11 Å². The number of imidazole rings is 1. The third kappa shape index (κ3) is 2.09. The van der Waals surface area contributed by atoms with Gasteiger partial charge in [0.2, 0.25) is 11.8 Å². The van der Waals surface area contributed by atoms with Crippen LogP contribution in [0.1, 0.15) is 18.9 Å². The van der Waals surface area contributed by atoms with E-state index in [0.717, 1.165) is 12.8 Å². The first-order chi connectivity index (χ1) is 9.72. The van der Waals surface area contributed by atoms with E-state index < -0.39 is 0 Å². The predicted octanol–water partition coefficient (Wildman–Crippen LogP) is 0.917. The van der Waals surface area contributed by atoms with Crippen molar-refractivity contribution in [2.75, 3.05) is 19.5 Å². The normalized spacial score (nSPS) is 21.7. The summed E-state index contributed by atoms with van der Waals surface area (Å²) in [4.78, 5) is 12.6. The van der Waals surface area contributed by atoms with E-state index in [0.29, 0.717) is 23.0 Å². The number of nitrogens with zero attached hydrogens (tertiary/aromatic N) is 4. The quantitative estimate of drug-likeness (QED) is 0.805. The van der Waals surface area contributed by atoms with Crippen LogP contribution in [0.2, 0.25) is 0 Å². The minimum absolute atomic E-state index is 0.171. The summed E-state index contributed by atoms with van der Waals surface area (Å²) in [5.74, 6) is 0.952. The minimum Gasteiger partial charge on any atom is -0.479 e. The Bertz CT molecular complexity index is 651. The standard InChI is InChI=1S/C13H17N5O2/c1-20-12-10-11(16-13(14)17-12)18(7-15-10)9-3-2-8(6-9)4-5-19/h2-3,7-9,19H,4-6H2,1H3,(H2,14,16,17)/t8-,9-/m0/s1. The summed E-state index contributed by atoms with van der Waals surface area (Å²) in [6.07, 6.45) is 7.69. The molecule has 0 unspecified atom stereocenters. The van der Waals surface area contributed by atoms with E-state index in [9.17, 15) is 0 Å². The Balaban J connectivity index is 1.97. The van der Waals surface area contributed by atoms with Crippen molar-refractivity contribution in [1.82, 2.24) is 19.5 Å². The fraction of sp³-hybridized carbons (Fsp3) is 0.462. The number of ether oxygens (including phenoxy) is 1. The van der Waals surface area contributed by atoms with Crippen molar-refractivity contribution in [2.24, 2.45) is 5.92 Å². The molecule has 0 radical (unpaired) electrons. The second-order valence-corrected chi connectivity index (χ2v) is 4.88. The zero-order valence-corrected chi connectivity index (χ0v) is 11.2. The van der Waals surface area contributed by atoms with Crippen LogP contribution in [-0.2, 0) is 0 Å². The number of aliphatic hydroxyl groups is 1. The lowest BCUT2D eigenvalue weighted by Gasteiger charge is -2.13. The fourth-order valence-corrected chi connectivity index (χ4v) is 2.63. The highest BCUT2D eigenvalue weighted by atomic mass is 16.5. The molecule has 0 fully saturated rings. The Morgan fingerprint density at radius 2 is 2.30 bits per heavy atom. The Morgan fingerprint density at radius 3 is 3.05 bits per heavy atom. The van der Waals surface area contributed by atoms with Gasteiger partial charge in [0.05, 0.1) is 19.5 Å². The van der Waals surface area contributed by atoms with E-state index in [4.69, 9.17) is 15.6 Å². The first-order valence-electron chi connectivity index (χ1n) is 6.56. The van der Waals surface area contributed by atoms with Crippen LogP contribution in [0.15, 0.2) is 18.5 Å². The van der Waals surface area contributed by atoms with Crippen molar-refractivity contribution in [1.29, 1.82) is 0 Å². The van der Waals surface area contributed by atoms with Crippen LogP contribution in [0.5, 0.6) is 5.88 Å². The first-order valence-corrected chi connectivity index (χ1v) is 6.56. The molecule has 0 bridgehead atoms. The van der Waals surface area contributed by atoms with Gasteiger partial charge in [-0.3, -0.25) is 0 Å². The maximum atomic E-state index is 9.01. The smallest absolute Gasteiger partial charge is 0.246 e. The highest BCUT2D eigenvalue weighted by molar-refractivity contribution is 5.77. The number of hydrogen-bond acceptors (Lipinski definition) is 6. The van der Waals surface area contributed by atoms with Crippen LogP contribution in [0.3, 0.4) is 0 Å². The number of aliphatic hydroxyl groups excluding tert-OH is 1. The van der Waals surface area contributed by atoms with Gasteiger partial charge in [0, 0.05) is 6.61 Å². The molecular weight excluding hydrogens is 258 g/mol. The molecule has 3 rings (SSSR count). The van der Waals surface area contributed by atoms with E-state index in [1.54, 1.807) is 6.33 Å². The lowest BCUT2D eigenvalue weighted by molar-refractivity contribution is 0.265. The van der Waals surface area contributed by atoms with Crippen LogP contribution in [0.25, 0.3) is 11.2 Å². The summed E-state index contributed by atoms with van der Waals surface area (Å²) in [5.41, 5.74) is 6.99. The van der Waals surface area contributed by atoms with E-state index in [2.05, 4.69) is 27.1 Å². The van der Waals surface area contributed by atoms with Crippen LogP contribution >= 0.6 is 0 Å². The summed E-state index contributed by atoms with van der Waals surface area (Å²) in [6, 6.07) is 0.176. The van der Waals surface area contributed by atoms with Crippen LogP contribution in [0, 0.1) is 5.92 Å². The van der Waals surface area contributed by atoms with Crippen molar-refractivity contribution in [3.63, 3.8) is 0 Å². The number of nitrogens with two attached hydrogens (primary N) is 1. The molecule has 106 valence electrons. The van der Waals surface area contributed by atoms with Crippen molar-refractivity contribution >= 4 is 17.1 Å². The molecule has 2 aromatic rings. The van der Waals surface area contributed by atoms with Gasteiger partial charge >= 0.3 is 0 Å². The number of allylic oxidation sites excluding steroid dienone is 2. The van der Waals surface area contributed by atoms with Gasteiger partial charge in [-0.2, -0.15) is 9.97 Å². The molecule has 2 heterocycles. The maximum Gasteiger partial charge on any atom is 0.246 e. The summed E-state index contributed by atoms with van der Waals surface area (Å²) in [6.45, 7) is 0.204. The number of hydrogen-bond donors (Lipinski definition) is 2. The van der Waals surface area contributed by atoms with Crippen LogP contribution < -0.4 is 10.5 Å². The maximum absolute atomic E-state index is 9.01. The first kappa shape index (κ1) is 12.9. The number of rotatable bonds is 4. The summed E-state index contributed by atoms with van der Waals surface area (Å²) < 4.78 is 7.16. The molecule has 0 aromatic carbocycles. The zero-order chi connectivity index (χ0) is 14.1. The molecule has 0 spiro atoms. The zero-order valence-electron chi connectivity index (χ0n) is 11.2. The number of nitrogen functional groups attached to an aromatic ring is 1. The molecule has 1 aliphatic carbocycles. The van der Waals surface area contributed by atoms with E-state index in [1.807, 2.05) is 4.57 Å². The second-order valence-electron chi connectivity index (χ2n) is 4.88. The monoisotopic (exact) mass is 275 g/mol. The SMILES string of the molecule is COc1nc(N)nc2c1ncn2[C@H]1C=C[C@@H](CCO)C1. The highest BCUT2D eigenvalue weighted by Crippen LogP contribution is 2.33. The van der Waals surface area contributed by atoms with Gasteiger partial charge in [-0.05, 0) is 18.8 Å². The molecule has 1 aliphatic rings. The van der Waals surface area contributed by atoms with Gasteiger partial charge in [-0.1, -0.05) is 12.2 Å². The third-order valence-electron chi connectivity index (χ3n) is 3.61. The number of aromatic nitrogens is 4. The van der Waals surface area contributed by atoms with Gasteiger partial charge in [0.1, 0.15) is 0 Å². The van der Waals surface area contributed by atoms with Crippen molar-refractivity contribution < 1.29 is 9.84 Å². The van der Waals surface area contributed by atoms with Gasteiger partial charge in [0.25, 0.3) is 0 Å².